The number of benzene rings is 1. The number of aryl methyl sites for hydroxylation is 1. The summed E-state index contributed by atoms with van der Waals surface area (Å²) in [7, 11) is 0. The highest BCUT2D eigenvalue weighted by Gasteiger charge is 2.09. The number of nitrogens with zero attached hydrogens (tertiary/aromatic N) is 2. The van der Waals surface area contributed by atoms with E-state index in [9.17, 15) is 0 Å². The SMILES string of the molecule is CCc1nc(Cc2ccc(Cl)cc2)nc(N)c1Br. The topological polar surface area (TPSA) is 51.8 Å². The van der Waals surface area contributed by atoms with Gasteiger partial charge in [-0.3, -0.25) is 0 Å². The lowest BCUT2D eigenvalue weighted by molar-refractivity contribution is 0.902. The molecule has 0 amide bonds. The zero-order chi connectivity index (χ0) is 13.1. The summed E-state index contributed by atoms with van der Waals surface area (Å²) in [6.45, 7) is 2.04. The Hall–Kier alpha value is -1.13. The first-order chi connectivity index (χ1) is 8.60. The lowest BCUT2D eigenvalue weighted by Crippen LogP contribution is -2.05. The predicted octanol–water partition coefficient (Wildman–Crippen LogP) is 3.63. The number of halogens is 2. The molecular formula is C13H13BrClN3. The van der Waals surface area contributed by atoms with Crippen molar-refractivity contribution in [3.05, 3.63) is 50.8 Å². The van der Waals surface area contributed by atoms with E-state index in [0.717, 1.165) is 33.0 Å². The molecule has 0 aliphatic carbocycles. The van der Waals surface area contributed by atoms with Gasteiger partial charge >= 0.3 is 0 Å². The fourth-order valence-corrected chi connectivity index (χ4v) is 2.25. The van der Waals surface area contributed by atoms with Crippen LogP contribution in [0.25, 0.3) is 0 Å². The first-order valence-corrected chi connectivity index (χ1v) is 6.82. The number of anilines is 1. The van der Waals surface area contributed by atoms with Gasteiger partial charge in [0, 0.05) is 11.4 Å². The zero-order valence-corrected chi connectivity index (χ0v) is 12.3. The molecule has 3 nitrogen and oxygen atoms in total. The van der Waals surface area contributed by atoms with E-state index in [1.165, 1.54) is 0 Å². The third-order valence-corrected chi connectivity index (χ3v) is 3.72. The maximum absolute atomic E-state index is 5.86. The molecule has 0 aliphatic heterocycles. The highest BCUT2D eigenvalue weighted by Crippen LogP contribution is 2.22. The average molecular weight is 327 g/mol. The molecule has 5 heteroatoms. The molecule has 0 spiro atoms. The normalized spacial score (nSPS) is 10.6. The standard InChI is InChI=1S/C13H13BrClN3/c1-2-10-12(14)13(16)18-11(17-10)7-8-3-5-9(15)6-4-8/h3-6H,2,7H2,1H3,(H2,16,17,18). The van der Waals surface area contributed by atoms with Crippen LogP contribution in [0.4, 0.5) is 5.82 Å². The van der Waals surface area contributed by atoms with Crippen LogP contribution in [-0.2, 0) is 12.8 Å². The smallest absolute Gasteiger partial charge is 0.141 e. The van der Waals surface area contributed by atoms with Gasteiger partial charge in [0.15, 0.2) is 0 Å². The molecule has 2 N–H and O–H groups in total. The van der Waals surface area contributed by atoms with Crippen LogP contribution in [0.15, 0.2) is 28.7 Å². The Morgan fingerprint density at radius 3 is 2.50 bits per heavy atom. The number of nitrogens with two attached hydrogens (primary N) is 1. The van der Waals surface area contributed by atoms with E-state index in [1.54, 1.807) is 0 Å². The second-order valence-electron chi connectivity index (χ2n) is 3.94. The summed E-state index contributed by atoms with van der Waals surface area (Å²) in [4.78, 5) is 8.78. The van der Waals surface area contributed by atoms with Crippen LogP contribution >= 0.6 is 27.5 Å². The van der Waals surface area contributed by atoms with Gasteiger partial charge in [0.2, 0.25) is 0 Å². The van der Waals surface area contributed by atoms with Crippen molar-refractivity contribution in [1.82, 2.24) is 9.97 Å². The lowest BCUT2D eigenvalue weighted by Gasteiger charge is -2.07. The van der Waals surface area contributed by atoms with Crippen LogP contribution in [0.1, 0.15) is 24.0 Å². The molecule has 0 radical (unpaired) electrons. The van der Waals surface area contributed by atoms with Gasteiger partial charge in [-0.05, 0) is 40.0 Å². The van der Waals surface area contributed by atoms with Crippen molar-refractivity contribution in [3.63, 3.8) is 0 Å². The fraction of sp³-hybridized carbons (Fsp3) is 0.231. The summed E-state index contributed by atoms with van der Waals surface area (Å²) < 4.78 is 0.796. The minimum absolute atomic E-state index is 0.491. The van der Waals surface area contributed by atoms with Crippen LogP contribution in [0, 0.1) is 0 Å². The second kappa shape index (κ2) is 5.67. The summed E-state index contributed by atoms with van der Waals surface area (Å²) >= 11 is 9.25. The molecule has 94 valence electrons. The zero-order valence-electron chi connectivity index (χ0n) is 9.95. The molecule has 1 aromatic carbocycles. The van der Waals surface area contributed by atoms with Crippen LogP contribution in [0.2, 0.25) is 5.02 Å². The molecule has 0 bridgehead atoms. The fourth-order valence-electron chi connectivity index (χ4n) is 1.66. The number of nitrogen functional groups attached to an aromatic ring is 1. The summed E-state index contributed by atoms with van der Waals surface area (Å²) in [5.74, 6) is 1.22. The molecule has 0 saturated carbocycles. The third kappa shape index (κ3) is 3.00. The van der Waals surface area contributed by atoms with Crippen LogP contribution in [-0.4, -0.2) is 9.97 Å². The van der Waals surface area contributed by atoms with Crippen molar-refractivity contribution in [3.8, 4) is 0 Å². The van der Waals surface area contributed by atoms with Gasteiger partial charge in [0.05, 0.1) is 10.2 Å². The molecule has 2 rings (SSSR count). The highest BCUT2D eigenvalue weighted by molar-refractivity contribution is 9.10. The molecule has 0 atom stereocenters. The summed E-state index contributed by atoms with van der Waals surface area (Å²) in [6, 6.07) is 7.66. The Bertz CT molecular complexity index is 555. The monoisotopic (exact) mass is 325 g/mol. The Labute approximate surface area is 120 Å². The van der Waals surface area contributed by atoms with Crippen LogP contribution in [0.3, 0.4) is 0 Å². The highest BCUT2D eigenvalue weighted by atomic mass is 79.9. The number of aromatic nitrogens is 2. The molecule has 18 heavy (non-hydrogen) atoms. The second-order valence-corrected chi connectivity index (χ2v) is 5.17. The van der Waals surface area contributed by atoms with E-state index in [-0.39, 0.29) is 0 Å². The van der Waals surface area contributed by atoms with Gasteiger partial charge in [-0.2, -0.15) is 0 Å². The molecule has 0 aliphatic rings. The Balaban J connectivity index is 2.29. The summed E-state index contributed by atoms with van der Waals surface area (Å²) in [6.07, 6.45) is 1.47. The molecular weight excluding hydrogens is 314 g/mol. The van der Waals surface area contributed by atoms with Crippen molar-refractivity contribution in [2.75, 3.05) is 5.73 Å². The average Bonchev–Trinajstić information content (AvgIpc) is 2.36. The van der Waals surface area contributed by atoms with Gasteiger partial charge in [-0.15, -0.1) is 0 Å². The van der Waals surface area contributed by atoms with Crippen molar-refractivity contribution in [1.29, 1.82) is 0 Å². The van der Waals surface area contributed by atoms with Gasteiger partial charge in [0.25, 0.3) is 0 Å². The van der Waals surface area contributed by atoms with E-state index in [0.29, 0.717) is 12.2 Å². The summed E-state index contributed by atoms with van der Waals surface area (Å²) in [5.41, 5.74) is 7.91. The van der Waals surface area contributed by atoms with Gasteiger partial charge in [-0.1, -0.05) is 30.7 Å². The number of hydrogen-bond donors (Lipinski definition) is 1. The molecule has 2 aromatic rings. The van der Waals surface area contributed by atoms with Crippen LogP contribution in [0.5, 0.6) is 0 Å². The van der Waals surface area contributed by atoms with Crippen molar-refractivity contribution < 1.29 is 0 Å². The molecule has 1 heterocycles. The minimum atomic E-state index is 0.491. The number of rotatable bonds is 3. The van der Waals surface area contributed by atoms with Crippen LogP contribution < -0.4 is 5.73 Å². The predicted molar refractivity (Wildman–Crippen MR) is 77.8 cm³/mol. The van der Waals surface area contributed by atoms with Crippen molar-refractivity contribution in [2.45, 2.75) is 19.8 Å². The number of hydrogen-bond acceptors (Lipinski definition) is 3. The molecule has 0 fully saturated rings. The lowest BCUT2D eigenvalue weighted by atomic mass is 10.1. The molecule has 0 saturated heterocycles. The largest absolute Gasteiger partial charge is 0.383 e. The van der Waals surface area contributed by atoms with E-state index in [2.05, 4.69) is 25.9 Å². The Morgan fingerprint density at radius 1 is 1.22 bits per heavy atom. The Morgan fingerprint density at radius 2 is 1.89 bits per heavy atom. The van der Waals surface area contributed by atoms with E-state index in [1.807, 2.05) is 31.2 Å². The van der Waals surface area contributed by atoms with Crippen molar-refractivity contribution >= 4 is 33.3 Å². The first kappa shape index (κ1) is 13.3. The maximum atomic E-state index is 5.86. The van der Waals surface area contributed by atoms with Gasteiger partial charge in [-0.25, -0.2) is 9.97 Å². The van der Waals surface area contributed by atoms with E-state index in [4.69, 9.17) is 17.3 Å². The quantitative estimate of drug-likeness (QED) is 0.937. The molecule has 0 unspecified atom stereocenters. The summed E-state index contributed by atoms with van der Waals surface area (Å²) in [5, 5.41) is 0.726. The van der Waals surface area contributed by atoms with Crippen molar-refractivity contribution in [2.24, 2.45) is 0 Å². The Kier molecular flexibility index (Phi) is 4.19. The first-order valence-electron chi connectivity index (χ1n) is 5.65. The van der Waals surface area contributed by atoms with Gasteiger partial charge < -0.3 is 5.73 Å². The van der Waals surface area contributed by atoms with E-state index < -0.39 is 0 Å². The van der Waals surface area contributed by atoms with E-state index >= 15 is 0 Å². The van der Waals surface area contributed by atoms with Gasteiger partial charge in [0.1, 0.15) is 11.6 Å². The minimum Gasteiger partial charge on any atom is -0.383 e. The maximum Gasteiger partial charge on any atom is 0.141 e. The third-order valence-electron chi connectivity index (χ3n) is 2.60. The molecule has 1 aromatic heterocycles.